The maximum absolute atomic E-state index is 9.80. The fourth-order valence-electron chi connectivity index (χ4n) is 0.290. The van der Waals surface area contributed by atoms with Gasteiger partial charge in [-0.25, -0.2) is 0 Å². The van der Waals surface area contributed by atoms with Crippen LogP contribution < -0.4 is 19.6 Å². The van der Waals surface area contributed by atoms with E-state index in [0.717, 1.165) is 0 Å². The van der Waals surface area contributed by atoms with Gasteiger partial charge in [0, 0.05) is 0 Å². The van der Waals surface area contributed by atoms with Crippen LogP contribution in [0.3, 0.4) is 0 Å². The van der Waals surface area contributed by atoms with Crippen molar-refractivity contribution in [2.24, 2.45) is 0 Å². The predicted octanol–water partition coefficient (Wildman–Crippen LogP) is -1.47. The topological polar surface area (TPSA) is 207 Å². The summed E-state index contributed by atoms with van der Waals surface area (Å²) < 4.78 is 19.6. The fourth-order valence-corrected chi connectivity index (χ4v) is 1.14. The quantitative estimate of drug-likeness (QED) is 0.489. The molecule has 4 N–H and O–H groups in total. The van der Waals surface area contributed by atoms with Gasteiger partial charge in [-0.15, -0.1) is 12.6 Å². The average molecular weight is 427 g/mol. The number of hydrogen-bond donors (Lipinski definition) is 0. The Morgan fingerprint density at radius 2 is 1.07 bits per heavy atom. The van der Waals surface area contributed by atoms with Gasteiger partial charge in [-0.2, -0.15) is 0 Å². The molecular formula is C2H8N3O6P2Pt-5. The molecule has 0 aliphatic carbocycles. The van der Waals surface area contributed by atoms with Crippen LogP contribution in [0.15, 0.2) is 0 Å². The molecule has 0 amide bonds. The van der Waals surface area contributed by atoms with Crippen molar-refractivity contribution in [1.29, 1.82) is 0 Å². The van der Waals surface area contributed by atoms with Crippen molar-refractivity contribution in [3.63, 3.8) is 0 Å². The van der Waals surface area contributed by atoms with Gasteiger partial charge in [0.05, 0.1) is 0 Å². The summed E-state index contributed by atoms with van der Waals surface area (Å²) in [6, 6.07) is 0. The predicted molar refractivity (Wildman–Crippen MR) is 38.9 cm³/mol. The Labute approximate surface area is 95.4 Å². The van der Waals surface area contributed by atoms with Crippen molar-refractivity contribution in [2.75, 3.05) is 12.6 Å². The zero-order valence-corrected chi connectivity index (χ0v) is 10.7. The molecule has 0 aromatic rings. The van der Waals surface area contributed by atoms with E-state index in [-0.39, 0.29) is 33.4 Å². The second kappa shape index (κ2) is 9.12. The molecule has 0 spiro atoms. The standard InChI is InChI=1S/C2H8NO6P2.2H2N.Pt/c4-10(5,6)1-3-2-11(7,8)9;;;/h1-2H2,(H2,4,5,6)(H2,7,8,9);2*1H2;/q3*-1;+2/p-4. The minimum atomic E-state index is -4.82. The van der Waals surface area contributed by atoms with E-state index in [2.05, 4.69) is 5.32 Å². The largest absolute Gasteiger partial charge is 2.00 e. The normalized spacial score (nSPS) is 10.6. The smallest absolute Gasteiger partial charge is 0.812 e. The van der Waals surface area contributed by atoms with Crippen molar-refractivity contribution in [2.45, 2.75) is 0 Å². The number of nitrogens with zero attached hydrogens (tertiary/aromatic N) is 1. The van der Waals surface area contributed by atoms with Crippen LogP contribution in [-0.2, 0) is 30.2 Å². The zero-order valence-electron chi connectivity index (χ0n) is 6.68. The minimum absolute atomic E-state index is 0. The van der Waals surface area contributed by atoms with E-state index in [1.165, 1.54) is 0 Å². The van der Waals surface area contributed by atoms with Gasteiger partial charge < -0.3 is 46.3 Å². The summed E-state index contributed by atoms with van der Waals surface area (Å²) in [5.74, 6) is 0. The van der Waals surface area contributed by atoms with Gasteiger partial charge in [0.2, 0.25) is 0 Å². The molecule has 0 bridgehead atoms. The van der Waals surface area contributed by atoms with Crippen molar-refractivity contribution < 1.29 is 49.8 Å². The Hall–Kier alpha value is 0.868. The third-order valence-electron chi connectivity index (χ3n) is 0.546. The van der Waals surface area contributed by atoms with Crippen molar-refractivity contribution in [1.82, 2.24) is 0 Å². The molecule has 0 aromatic heterocycles. The van der Waals surface area contributed by atoms with E-state index in [1.807, 2.05) is 0 Å². The van der Waals surface area contributed by atoms with Crippen LogP contribution >= 0.6 is 15.2 Å². The molecule has 0 fully saturated rings. The van der Waals surface area contributed by atoms with Gasteiger partial charge in [-0.1, -0.05) is 15.2 Å². The third kappa shape index (κ3) is 23.0. The molecule has 0 unspecified atom stereocenters. The van der Waals surface area contributed by atoms with Gasteiger partial charge in [0.25, 0.3) is 0 Å². The summed E-state index contributed by atoms with van der Waals surface area (Å²) in [5.41, 5.74) is 0. The van der Waals surface area contributed by atoms with Gasteiger partial charge in [0.1, 0.15) is 0 Å². The Balaban J connectivity index is -0.000000167. The summed E-state index contributed by atoms with van der Waals surface area (Å²) in [6.07, 6.45) is -2.30. The van der Waals surface area contributed by atoms with Crippen LogP contribution in [0.4, 0.5) is 0 Å². The first-order valence-electron chi connectivity index (χ1n) is 2.36. The first-order valence-corrected chi connectivity index (χ1v) is 5.82. The average Bonchev–Trinajstić information content (AvgIpc) is 1.55. The van der Waals surface area contributed by atoms with Crippen LogP contribution in [0.2, 0.25) is 0 Å². The van der Waals surface area contributed by atoms with E-state index < -0.39 is 27.8 Å². The van der Waals surface area contributed by atoms with Gasteiger partial charge >= 0.3 is 21.1 Å². The molecule has 92 valence electrons. The molecule has 14 heavy (non-hydrogen) atoms. The van der Waals surface area contributed by atoms with Crippen LogP contribution in [0.25, 0.3) is 17.6 Å². The van der Waals surface area contributed by atoms with Crippen LogP contribution in [0, 0.1) is 0 Å². The van der Waals surface area contributed by atoms with Crippen LogP contribution in [0.5, 0.6) is 0 Å². The van der Waals surface area contributed by atoms with E-state index in [0.29, 0.717) is 0 Å². The third-order valence-corrected chi connectivity index (χ3v) is 1.64. The molecule has 0 rings (SSSR count). The number of hydrogen-bond acceptors (Lipinski definition) is 6. The molecule has 0 atom stereocenters. The molecule has 12 heteroatoms. The molecule has 0 radical (unpaired) electrons. The first kappa shape index (κ1) is 24.2. The Morgan fingerprint density at radius 1 is 0.857 bits per heavy atom. The fraction of sp³-hybridized carbons (Fsp3) is 1.00. The molecule has 0 aliphatic rings. The second-order valence-electron chi connectivity index (χ2n) is 1.73. The number of rotatable bonds is 4. The maximum Gasteiger partial charge on any atom is 2.00 e. The Morgan fingerprint density at radius 3 is 1.21 bits per heavy atom. The van der Waals surface area contributed by atoms with Gasteiger partial charge in [0.15, 0.2) is 0 Å². The summed E-state index contributed by atoms with van der Waals surface area (Å²) >= 11 is 0. The number of nitrogens with two attached hydrogens (primary N) is 2. The van der Waals surface area contributed by atoms with Gasteiger partial charge in [-0.3, -0.25) is 0 Å². The van der Waals surface area contributed by atoms with E-state index in [1.54, 1.807) is 0 Å². The van der Waals surface area contributed by atoms with Crippen molar-refractivity contribution in [3.8, 4) is 0 Å². The second-order valence-corrected chi connectivity index (χ2v) is 4.74. The molecule has 0 heterocycles. The van der Waals surface area contributed by atoms with Crippen molar-refractivity contribution in [3.05, 3.63) is 17.6 Å². The Bertz CT molecular complexity index is 191. The van der Waals surface area contributed by atoms with Crippen LogP contribution in [0.1, 0.15) is 0 Å². The monoisotopic (exact) mass is 427 g/mol. The van der Waals surface area contributed by atoms with E-state index in [9.17, 15) is 28.7 Å². The maximum atomic E-state index is 9.80. The van der Waals surface area contributed by atoms with Crippen molar-refractivity contribution >= 4 is 15.2 Å². The summed E-state index contributed by atoms with van der Waals surface area (Å²) in [4.78, 5) is 39.2. The molecule has 0 saturated carbocycles. The minimum Gasteiger partial charge on any atom is -0.812 e. The summed E-state index contributed by atoms with van der Waals surface area (Å²) in [7, 11) is -9.63. The SMILES string of the molecule is O=P([O-])([O-])C[N-]CP(=O)([O-])[O-].[NH2-].[NH2-].[Pt+2]. The molecule has 0 saturated heterocycles. The molecule has 0 aliphatic heterocycles. The summed E-state index contributed by atoms with van der Waals surface area (Å²) in [6.45, 7) is 0. The zero-order chi connectivity index (χ0) is 9.12. The van der Waals surface area contributed by atoms with E-state index >= 15 is 0 Å². The molecular weight excluding hydrogens is 419 g/mol. The first-order chi connectivity index (χ1) is 4.71. The van der Waals surface area contributed by atoms with E-state index in [4.69, 9.17) is 0 Å². The molecule has 0 aromatic carbocycles. The Kier molecular flexibility index (Phi) is 15.8. The molecule has 9 nitrogen and oxygen atoms in total. The summed E-state index contributed by atoms with van der Waals surface area (Å²) in [5, 5.41) is 2.74. The van der Waals surface area contributed by atoms with Crippen LogP contribution in [-0.4, -0.2) is 12.6 Å². The van der Waals surface area contributed by atoms with Gasteiger partial charge in [-0.05, 0) is 0 Å².